The van der Waals surface area contributed by atoms with Gasteiger partial charge in [-0.3, -0.25) is 0 Å². The summed E-state index contributed by atoms with van der Waals surface area (Å²) in [6.07, 6.45) is 5.05. The Morgan fingerprint density at radius 1 is 1.26 bits per heavy atom. The molecule has 1 saturated carbocycles. The predicted octanol–water partition coefficient (Wildman–Crippen LogP) is 3.06. The molecule has 1 aromatic carbocycles. The number of aliphatic hydroxyl groups excluding tert-OH is 2. The maximum Gasteiger partial charge on any atom is 0.119 e. The van der Waals surface area contributed by atoms with Crippen molar-refractivity contribution in [3.8, 4) is 5.75 Å². The molecule has 1 fully saturated rings. The molecule has 106 valence electrons. The van der Waals surface area contributed by atoms with Crippen LogP contribution in [0.25, 0.3) is 0 Å². The van der Waals surface area contributed by atoms with Gasteiger partial charge in [-0.2, -0.15) is 0 Å². The zero-order chi connectivity index (χ0) is 13.7. The first-order valence-corrected chi connectivity index (χ1v) is 7.24. The molecule has 2 rings (SSSR count). The van der Waals surface area contributed by atoms with Crippen LogP contribution in [0.4, 0.5) is 0 Å². The number of aliphatic hydroxyl groups is 2. The van der Waals surface area contributed by atoms with E-state index in [1.807, 2.05) is 24.3 Å². The molecule has 0 heterocycles. The normalized spacial score (nSPS) is 19.3. The third-order valence-electron chi connectivity index (χ3n) is 3.86. The summed E-state index contributed by atoms with van der Waals surface area (Å²) in [5.74, 6) is 1.38. The van der Waals surface area contributed by atoms with E-state index in [0.29, 0.717) is 18.3 Å². The van der Waals surface area contributed by atoms with Crippen molar-refractivity contribution in [1.82, 2.24) is 0 Å². The Morgan fingerprint density at radius 2 is 2.00 bits per heavy atom. The maximum atomic E-state index is 9.98. The van der Waals surface area contributed by atoms with Gasteiger partial charge in [0.05, 0.1) is 12.2 Å². The van der Waals surface area contributed by atoms with Gasteiger partial charge in [0, 0.05) is 0 Å². The van der Waals surface area contributed by atoms with E-state index in [9.17, 15) is 10.2 Å². The number of ether oxygens (including phenoxy) is 1. The standard InChI is InChI=1S/C16H24O3/c1-12(17)14-7-4-8-16(10-14)19-11-15(18)9-13-5-2-3-6-13/h4,7-8,10,12-13,15,17-18H,2-3,5-6,9,11H2,1H3/t12-,15?/m0/s1. The lowest BCUT2D eigenvalue weighted by molar-refractivity contribution is 0.0854. The highest BCUT2D eigenvalue weighted by atomic mass is 16.5. The summed E-state index contributed by atoms with van der Waals surface area (Å²) in [5, 5.41) is 19.5. The van der Waals surface area contributed by atoms with Gasteiger partial charge in [-0.1, -0.05) is 37.8 Å². The lowest BCUT2D eigenvalue weighted by atomic mass is 10.0. The van der Waals surface area contributed by atoms with Gasteiger partial charge >= 0.3 is 0 Å². The van der Waals surface area contributed by atoms with E-state index in [0.717, 1.165) is 12.0 Å². The average molecular weight is 264 g/mol. The molecule has 1 aliphatic carbocycles. The zero-order valence-electron chi connectivity index (χ0n) is 11.6. The van der Waals surface area contributed by atoms with Crippen LogP contribution in [-0.2, 0) is 0 Å². The van der Waals surface area contributed by atoms with Crippen LogP contribution in [0.15, 0.2) is 24.3 Å². The number of hydrogen-bond donors (Lipinski definition) is 2. The van der Waals surface area contributed by atoms with E-state index in [4.69, 9.17) is 4.74 Å². The Morgan fingerprint density at radius 3 is 2.68 bits per heavy atom. The van der Waals surface area contributed by atoms with Crippen LogP contribution < -0.4 is 4.74 Å². The molecule has 0 aromatic heterocycles. The third-order valence-corrected chi connectivity index (χ3v) is 3.86. The molecule has 3 nitrogen and oxygen atoms in total. The van der Waals surface area contributed by atoms with Crippen LogP contribution in [0.5, 0.6) is 5.75 Å². The van der Waals surface area contributed by atoms with E-state index in [1.54, 1.807) is 6.92 Å². The van der Waals surface area contributed by atoms with Crippen LogP contribution in [0, 0.1) is 5.92 Å². The Kier molecular flexibility index (Phi) is 5.23. The summed E-state index contributed by atoms with van der Waals surface area (Å²) in [4.78, 5) is 0. The van der Waals surface area contributed by atoms with Crippen molar-refractivity contribution in [3.63, 3.8) is 0 Å². The highest BCUT2D eigenvalue weighted by Crippen LogP contribution is 2.28. The largest absolute Gasteiger partial charge is 0.491 e. The minimum atomic E-state index is -0.494. The van der Waals surface area contributed by atoms with Crippen LogP contribution in [0.3, 0.4) is 0 Å². The fourth-order valence-electron chi connectivity index (χ4n) is 2.76. The van der Waals surface area contributed by atoms with E-state index in [2.05, 4.69) is 0 Å². The van der Waals surface area contributed by atoms with Crippen molar-refractivity contribution in [3.05, 3.63) is 29.8 Å². The molecule has 0 saturated heterocycles. The average Bonchev–Trinajstić information content (AvgIpc) is 2.89. The SMILES string of the molecule is C[C@H](O)c1cccc(OCC(O)CC2CCCC2)c1. The van der Waals surface area contributed by atoms with Crippen molar-refractivity contribution in [2.24, 2.45) is 5.92 Å². The Balaban J connectivity index is 1.79. The molecule has 0 amide bonds. The second kappa shape index (κ2) is 6.92. The smallest absolute Gasteiger partial charge is 0.119 e. The predicted molar refractivity (Wildman–Crippen MR) is 75.2 cm³/mol. The molecule has 0 bridgehead atoms. The summed E-state index contributed by atoms with van der Waals surface area (Å²) in [6, 6.07) is 7.41. The maximum absolute atomic E-state index is 9.98. The third kappa shape index (κ3) is 4.51. The molecular weight excluding hydrogens is 240 g/mol. The highest BCUT2D eigenvalue weighted by molar-refractivity contribution is 5.29. The van der Waals surface area contributed by atoms with Crippen molar-refractivity contribution in [2.75, 3.05) is 6.61 Å². The number of benzene rings is 1. The first-order valence-electron chi connectivity index (χ1n) is 7.24. The van der Waals surface area contributed by atoms with E-state index >= 15 is 0 Å². The van der Waals surface area contributed by atoms with E-state index in [-0.39, 0.29) is 0 Å². The molecule has 0 spiro atoms. The monoisotopic (exact) mass is 264 g/mol. The minimum absolute atomic E-state index is 0.333. The molecule has 19 heavy (non-hydrogen) atoms. The molecule has 1 aliphatic rings. The molecule has 0 radical (unpaired) electrons. The van der Waals surface area contributed by atoms with Crippen LogP contribution >= 0.6 is 0 Å². The molecule has 3 heteroatoms. The quantitative estimate of drug-likeness (QED) is 0.830. The Labute approximate surface area is 115 Å². The lowest BCUT2D eigenvalue weighted by Crippen LogP contribution is -2.20. The summed E-state index contributed by atoms with van der Waals surface area (Å²) in [5.41, 5.74) is 0.836. The summed E-state index contributed by atoms with van der Waals surface area (Å²) >= 11 is 0. The van der Waals surface area contributed by atoms with Crippen LogP contribution in [0.2, 0.25) is 0 Å². The van der Waals surface area contributed by atoms with Gasteiger partial charge in [-0.05, 0) is 37.0 Å². The van der Waals surface area contributed by atoms with E-state index < -0.39 is 12.2 Å². The highest BCUT2D eigenvalue weighted by Gasteiger charge is 2.19. The summed E-state index contributed by atoms with van der Waals surface area (Å²) in [6.45, 7) is 2.06. The number of hydrogen-bond acceptors (Lipinski definition) is 3. The fourth-order valence-corrected chi connectivity index (χ4v) is 2.76. The molecule has 0 aliphatic heterocycles. The summed E-state index contributed by atoms with van der Waals surface area (Å²) < 4.78 is 5.61. The minimum Gasteiger partial charge on any atom is -0.491 e. The molecule has 1 unspecified atom stereocenters. The van der Waals surface area contributed by atoms with Crippen LogP contribution in [0.1, 0.15) is 50.7 Å². The Bertz CT molecular complexity index is 383. The van der Waals surface area contributed by atoms with Gasteiger partial charge in [0.2, 0.25) is 0 Å². The topological polar surface area (TPSA) is 49.7 Å². The van der Waals surface area contributed by atoms with Gasteiger partial charge in [0.15, 0.2) is 0 Å². The van der Waals surface area contributed by atoms with Gasteiger partial charge in [0.25, 0.3) is 0 Å². The fraction of sp³-hybridized carbons (Fsp3) is 0.625. The molecular formula is C16H24O3. The van der Waals surface area contributed by atoms with Crippen molar-refractivity contribution < 1.29 is 14.9 Å². The zero-order valence-corrected chi connectivity index (χ0v) is 11.6. The van der Waals surface area contributed by atoms with Gasteiger partial charge in [-0.15, -0.1) is 0 Å². The molecule has 1 aromatic rings. The molecule has 2 atom stereocenters. The van der Waals surface area contributed by atoms with Crippen molar-refractivity contribution >= 4 is 0 Å². The number of rotatable bonds is 6. The second-order valence-corrected chi connectivity index (χ2v) is 5.60. The van der Waals surface area contributed by atoms with Crippen molar-refractivity contribution in [1.29, 1.82) is 0 Å². The van der Waals surface area contributed by atoms with Gasteiger partial charge in [-0.25, -0.2) is 0 Å². The van der Waals surface area contributed by atoms with Gasteiger partial charge in [0.1, 0.15) is 12.4 Å². The Hall–Kier alpha value is -1.06. The van der Waals surface area contributed by atoms with Crippen molar-refractivity contribution in [2.45, 2.75) is 51.2 Å². The van der Waals surface area contributed by atoms with E-state index in [1.165, 1.54) is 25.7 Å². The second-order valence-electron chi connectivity index (χ2n) is 5.60. The van der Waals surface area contributed by atoms with Crippen LogP contribution in [-0.4, -0.2) is 22.9 Å². The first-order chi connectivity index (χ1) is 9.15. The molecule has 2 N–H and O–H groups in total. The van der Waals surface area contributed by atoms with Gasteiger partial charge < -0.3 is 14.9 Å². The first kappa shape index (κ1) is 14.4. The lowest BCUT2D eigenvalue weighted by Gasteiger charge is -2.16. The summed E-state index contributed by atoms with van der Waals surface area (Å²) in [7, 11) is 0.